The molecule has 0 radical (unpaired) electrons. The Balaban J connectivity index is 2.41. The molecule has 1 saturated carbocycles. The maximum atomic E-state index is 10.3. The summed E-state index contributed by atoms with van der Waals surface area (Å²) in [6, 6.07) is 2.43. The first-order valence-corrected chi connectivity index (χ1v) is 7.24. The van der Waals surface area contributed by atoms with Gasteiger partial charge in [0.2, 0.25) is 0 Å². The van der Waals surface area contributed by atoms with Crippen molar-refractivity contribution in [1.82, 2.24) is 0 Å². The van der Waals surface area contributed by atoms with E-state index in [4.69, 9.17) is 0 Å². The molecule has 0 amide bonds. The number of aliphatic hydroxyl groups is 1. The van der Waals surface area contributed by atoms with Crippen LogP contribution in [-0.4, -0.2) is 11.2 Å². The Kier molecular flexibility index (Phi) is 5.98. The van der Waals surface area contributed by atoms with Crippen LogP contribution in [0.5, 0.6) is 0 Å². The lowest BCUT2D eigenvalue weighted by molar-refractivity contribution is 0.0204. The van der Waals surface area contributed by atoms with Crippen LogP contribution in [0.2, 0.25) is 0 Å². The van der Waals surface area contributed by atoms with Crippen molar-refractivity contribution < 1.29 is 5.11 Å². The molecule has 1 fully saturated rings. The summed E-state index contributed by atoms with van der Waals surface area (Å²) < 4.78 is 0. The third-order valence-corrected chi connectivity index (χ3v) is 4.36. The zero-order valence-electron chi connectivity index (χ0n) is 11.4. The molecule has 0 bridgehead atoms. The van der Waals surface area contributed by atoms with Gasteiger partial charge in [-0.3, -0.25) is 0 Å². The number of aliphatic hydroxyl groups excluding tert-OH is 1. The number of nitriles is 1. The molecule has 1 aliphatic rings. The molecular weight excluding hydrogens is 210 g/mol. The fourth-order valence-electron chi connectivity index (χ4n) is 2.84. The molecule has 0 aromatic heterocycles. The highest BCUT2D eigenvalue weighted by molar-refractivity contribution is 5.05. The highest BCUT2D eigenvalue weighted by atomic mass is 16.3. The minimum atomic E-state index is -0.432. The van der Waals surface area contributed by atoms with Crippen molar-refractivity contribution in [3.63, 3.8) is 0 Å². The minimum absolute atomic E-state index is 0.406. The molecule has 1 aliphatic carbocycles. The molecule has 0 aliphatic heterocycles. The number of hydrogen-bond acceptors (Lipinski definition) is 2. The number of hydrogen-bond donors (Lipinski definition) is 1. The molecule has 17 heavy (non-hydrogen) atoms. The Hall–Kier alpha value is -0.550. The van der Waals surface area contributed by atoms with Gasteiger partial charge in [0.05, 0.1) is 17.6 Å². The zero-order chi connectivity index (χ0) is 12.7. The van der Waals surface area contributed by atoms with Gasteiger partial charge in [0.25, 0.3) is 0 Å². The van der Waals surface area contributed by atoms with Crippen molar-refractivity contribution in [3.05, 3.63) is 0 Å². The molecule has 1 atom stereocenters. The summed E-state index contributed by atoms with van der Waals surface area (Å²) in [6.07, 6.45) is 9.08. The standard InChI is InChI=1S/C15H27NO/c1-3-4-5-6-7-14(17)15(12-16)10-8-13(2)9-11-15/h13-14,17H,3-11H2,1-2H3. The second-order valence-corrected chi connectivity index (χ2v) is 5.82. The Morgan fingerprint density at radius 3 is 2.47 bits per heavy atom. The van der Waals surface area contributed by atoms with Crippen LogP contribution in [-0.2, 0) is 0 Å². The Bertz CT molecular complexity index is 248. The molecule has 1 unspecified atom stereocenters. The van der Waals surface area contributed by atoms with Crippen LogP contribution in [0.4, 0.5) is 0 Å². The van der Waals surface area contributed by atoms with E-state index in [1.165, 1.54) is 19.3 Å². The predicted molar refractivity (Wildman–Crippen MR) is 70.4 cm³/mol. The van der Waals surface area contributed by atoms with Crippen LogP contribution in [0.25, 0.3) is 0 Å². The third-order valence-electron chi connectivity index (χ3n) is 4.36. The molecule has 0 saturated heterocycles. The van der Waals surface area contributed by atoms with Crippen molar-refractivity contribution >= 4 is 0 Å². The van der Waals surface area contributed by atoms with Gasteiger partial charge in [-0.15, -0.1) is 0 Å². The van der Waals surface area contributed by atoms with Gasteiger partial charge in [-0.25, -0.2) is 0 Å². The molecule has 0 spiro atoms. The van der Waals surface area contributed by atoms with Gasteiger partial charge < -0.3 is 5.11 Å². The van der Waals surface area contributed by atoms with E-state index >= 15 is 0 Å². The second kappa shape index (κ2) is 7.01. The van der Waals surface area contributed by atoms with Gasteiger partial charge in [0, 0.05) is 0 Å². The van der Waals surface area contributed by atoms with Crippen molar-refractivity contribution in [2.24, 2.45) is 11.3 Å². The fraction of sp³-hybridized carbons (Fsp3) is 0.933. The van der Waals surface area contributed by atoms with Crippen LogP contribution in [0, 0.1) is 22.7 Å². The smallest absolute Gasteiger partial charge is 0.0832 e. The summed E-state index contributed by atoms with van der Waals surface area (Å²) in [6.45, 7) is 4.44. The van der Waals surface area contributed by atoms with Crippen molar-refractivity contribution in [3.8, 4) is 6.07 Å². The first kappa shape index (κ1) is 14.5. The summed E-state index contributed by atoms with van der Waals surface area (Å²) in [7, 11) is 0. The molecule has 0 aromatic rings. The highest BCUT2D eigenvalue weighted by Gasteiger charge is 2.40. The molecule has 0 heterocycles. The van der Waals surface area contributed by atoms with Gasteiger partial charge in [0.1, 0.15) is 0 Å². The highest BCUT2D eigenvalue weighted by Crippen LogP contribution is 2.42. The summed E-state index contributed by atoms with van der Waals surface area (Å²) in [5.74, 6) is 0.726. The molecule has 0 aromatic carbocycles. The maximum absolute atomic E-state index is 10.3. The monoisotopic (exact) mass is 237 g/mol. The lowest BCUT2D eigenvalue weighted by Crippen LogP contribution is -2.37. The molecule has 1 rings (SSSR count). The van der Waals surface area contributed by atoms with E-state index in [2.05, 4.69) is 19.9 Å². The number of unbranched alkanes of at least 4 members (excludes halogenated alkanes) is 3. The van der Waals surface area contributed by atoms with Crippen molar-refractivity contribution in [1.29, 1.82) is 5.26 Å². The minimum Gasteiger partial charge on any atom is -0.391 e. The van der Waals surface area contributed by atoms with Gasteiger partial charge in [0.15, 0.2) is 0 Å². The third kappa shape index (κ3) is 4.00. The van der Waals surface area contributed by atoms with Gasteiger partial charge >= 0.3 is 0 Å². The van der Waals surface area contributed by atoms with E-state index in [0.29, 0.717) is 0 Å². The molecule has 2 heteroatoms. The molecule has 98 valence electrons. The van der Waals surface area contributed by atoms with E-state index in [0.717, 1.165) is 44.4 Å². The lowest BCUT2D eigenvalue weighted by Gasteiger charge is -2.37. The largest absolute Gasteiger partial charge is 0.391 e. The average Bonchev–Trinajstić information content (AvgIpc) is 2.36. The van der Waals surface area contributed by atoms with Crippen molar-refractivity contribution in [2.75, 3.05) is 0 Å². The van der Waals surface area contributed by atoms with Crippen LogP contribution in [0.3, 0.4) is 0 Å². The van der Waals surface area contributed by atoms with Crippen molar-refractivity contribution in [2.45, 2.75) is 77.7 Å². The van der Waals surface area contributed by atoms with Crippen LogP contribution in [0.15, 0.2) is 0 Å². The fourth-order valence-corrected chi connectivity index (χ4v) is 2.84. The Morgan fingerprint density at radius 2 is 1.94 bits per heavy atom. The van der Waals surface area contributed by atoms with Crippen LogP contribution < -0.4 is 0 Å². The van der Waals surface area contributed by atoms with E-state index in [1.54, 1.807) is 0 Å². The SMILES string of the molecule is CCCCCCC(O)C1(C#N)CCC(C)CC1. The molecule has 2 nitrogen and oxygen atoms in total. The van der Waals surface area contributed by atoms with E-state index in [-0.39, 0.29) is 0 Å². The maximum Gasteiger partial charge on any atom is 0.0832 e. The van der Waals surface area contributed by atoms with Gasteiger partial charge in [-0.1, -0.05) is 39.5 Å². The van der Waals surface area contributed by atoms with Gasteiger partial charge in [-0.2, -0.15) is 5.26 Å². The number of nitrogens with zero attached hydrogens (tertiary/aromatic N) is 1. The second-order valence-electron chi connectivity index (χ2n) is 5.82. The summed E-state index contributed by atoms with van der Waals surface area (Å²) in [5.41, 5.74) is -0.432. The van der Waals surface area contributed by atoms with E-state index in [9.17, 15) is 10.4 Å². The van der Waals surface area contributed by atoms with E-state index < -0.39 is 11.5 Å². The first-order valence-electron chi connectivity index (χ1n) is 7.24. The summed E-state index contributed by atoms with van der Waals surface area (Å²) >= 11 is 0. The van der Waals surface area contributed by atoms with Gasteiger partial charge in [-0.05, 0) is 38.0 Å². The average molecular weight is 237 g/mol. The van der Waals surface area contributed by atoms with Crippen LogP contribution in [0.1, 0.15) is 71.6 Å². The topological polar surface area (TPSA) is 44.0 Å². The zero-order valence-corrected chi connectivity index (χ0v) is 11.4. The van der Waals surface area contributed by atoms with Crippen LogP contribution >= 0.6 is 0 Å². The summed E-state index contributed by atoms with van der Waals surface area (Å²) in [4.78, 5) is 0. The van der Waals surface area contributed by atoms with E-state index in [1.807, 2.05) is 0 Å². The first-order chi connectivity index (χ1) is 8.14. The predicted octanol–water partition coefficient (Wildman–Crippen LogP) is 4.04. The number of rotatable bonds is 6. The molecular formula is C15H27NO. The lowest BCUT2D eigenvalue weighted by atomic mass is 9.67. The summed E-state index contributed by atoms with van der Waals surface area (Å²) in [5, 5.41) is 19.7. The molecule has 1 N–H and O–H groups in total. The Morgan fingerprint density at radius 1 is 1.29 bits per heavy atom. The normalized spacial score (nSPS) is 30.8. The Labute approximate surface area is 106 Å². The quantitative estimate of drug-likeness (QED) is 0.709.